The SMILES string of the molecule is CCCCCCCCCCCCOc1ccc2cc(-c3nnc(-c4ccc(O)cc4O)s3)ccc2c1. The Morgan fingerprint density at radius 3 is 2.11 bits per heavy atom. The number of rotatable bonds is 14. The van der Waals surface area contributed by atoms with Crippen molar-refractivity contribution in [2.24, 2.45) is 0 Å². The van der Waals surface area contributed by atoms with Gasteiger partial charge in [0.05, 0.1) is 12.2 Å². The number of unbranched alkanes of at least 4 members (excludes halogenated alkanes) is 9. The summed E-state index contributed by atoms with van der Waals surface area (Å²) in [6, 6.07) is 16.9. The smallest absolute Gasteiger partial charge is 0.151 e. The predicted molar refractivity (Wildman–Crippen MR) is 149 cm³/mol. The summed E-state index contributed by atoms with van der Waals surface area (Å²) < 4.78 is 6.01. The fraction of sp³-hybridized carbons (Fsp3) is 0.400. The van der Waals surface area contributed by atoms with Crippen molar-refractivity contribution in [1.29, 1.82) is 0 Å². The molecular weight excluding hydrogens is 468 g/mol. The van der Waals surface area contributed by atoms with E-state index >= 15 is 0 Å². The van der Waals surface area contributed by atoms with E-state index in [1.807, 2.05) is 12.1 Å². The first kappa shape index (κ1) is 26.0. The van der Waals surface area contributed by atoms with Crippen LogP contribution in [-0.4, -0.2) is 27.0 Å². The third kappa shape index (κ3) is 7.20. The van der Waals surface area contributed by atoms with Gasteiger partial charge in [-0.25, -0.2) is 0 Å². The lowest BCUT2D eigenvalue weighted by atomic mass is 10.1. The topological polar surface area (TPSA) is 75.5 Å². The number of nitrogens with zero attached hydrogens (tertiary/aromatic N) is 2. The quantitative estimate of drug-likeness (QED) is 0.168. The van der Waals surface area contributed by atoms with E-state index in [-0.39, 0.29) is 11.5 Å². The molecule has 6 heteroatoms. The second-order valence-electron chi connectivity index (χ2n) is 9.37. The Bertz CT molecular complexity index is 1250. The predicted octanol–water partition coefficient (Wildman–Crippen LogP) is 8.74. The Morgan fingerprint density at radius 2 is 1.36 bits per heavy atom. The molecule has 0 unspecified atom stereocenters. The van der Waals surface area contributed by atoms with E-state index in [2.05, 4.69) is 41.4 Å². The Balaban J connectivity index is 1.26. The summed E-state index contributed by atoms with van der Waals surface area (Å²) in [7, 11) is 0. The van der Waals surface area contributed by atoms with E-state index < -0.39 is 0 Å². The van der Waals surface area contributed by atoms with Gasteiger partial charge in [0.2, 0.25) is 0 Å². The Hall–Kier alpha value is -3.12. The molecule has 3 aromatic carbocycles. The van der Waals surface area contributed by atoms with E-state index in [0.29, 0.717) is 10.6 Å². The zero-order chi connectivity index (χ0) is 25.2. The number of aromatic nitrogens is 2. The van der Waals surface area contributed by atoms with Gasteiger partial charge < -0.3 is 14.9 Å². The average Bonchev–Trinajstić information content (AvgIpc) is 3.37. The average molecular weight is 505 g/mol. The summed E-state index contributed by atoms with van der Waals surface area (Å²) >= 11 is 1.41. The zero-order valence-electron chi connectivity index (χ0n) is 21.1. The second-order valence-corrected chi connectivity index (χ2v) is 10.3. The molecule has 1 heterocycles. The molecule has 4 rings (SSSR count). The summed E-state index contributed by atoms with van der Waals surface area (Å²) in [6.07, 6.45) is 13.2. The molecule has 0 aliphatic rings. The van der Waals surface area contributed by atoms with Gasteiger partial charge in [-0.3, -0.25) is 0 Å². The van der Waals surface area contributed by atoms with E-state index in [4.69, 9.17) is 4.74 Å². The van der Waals surface area contributed by atoms with Crippen LogP contribution in [-0.2, 0) is 0 Å². The van der Waals surface area contributed by atoms with Crippen molar-refractivity contribution < 1.29 is 14.9 Å². The van der Waals surface area contributed by atoms with E-state index in [1.165, 1.54) is 81.3 Å². The Morgan fingerprint density at radius 1 is 0.694 bits per heavy atom. The molecule has 0 amide bonds. The number of benzene rings is 3. The minimum Gasteiger partial charge on any atom is -0.508 e. The lowest BCUT2D eigenvalue weighted by molar-refractivity contribution is 0.304. The third-order valence-electron chi connectivity index (χ3n) is 6.46. The Kier molecular flexibility index (Phi) is 9.56. The van der Waals surface area contributed by atoms with E-state index in [1.54, 1.807) is 6.07 Å². The van der Waals surface area contributed by atoms with Gasteiger partial charge in [0, 0.05) is 11.6 Å². The van der Waals surface area contributed by atoms with Crippen LogP contribution in [0.15, 0.2) is 54.6 Å². The molecule has 0 fully saturated rings. The molecule has 0 saturated carbocycles. The number of phenols is 2. The minimum absolute atomic E-state index is 0.0125. The van der Waals surface area contributed by atoms with E-state index in [0.717, 1.165) is 40.1 Å². The number of ether oxygens (including phenoxy) is 1. The lowest BCUT2D eigenvalue weighted by Gasteiger charge is -2.08. The zero-order valence-corrected chi connectivity index (χ0v) is 21.9. The standard InChI is InChI=1S/C30H36N2O3S/c1-2-3-4-5-6-7-8-9-10-11-18-35-26-16-14-22-19-24(13-12-23(22)20-26)29-31-32-30(36-29)27-17-15-25(33)21-28(27)34/h12-17,19-21,33-34H,2-11,18H2,1H3. The molecule has 2 N–H and O–H groups in total. The normalized spacial score (nSPS) is 11.2. The molecule has 0 spiro atoms. The molecule has 5 nitrogen and oxygen atoms in total. The molecule has 4 aromatic rings. The molecule has 190 valence electrons. The fourth-order valence-corrected chi connectivity index (χ4v) is 5.25. The highest BCUT2D eigenvalue weighted by Crippen LogP contribution is 2.37. The van der Waals surface area contributed by atoms with Crippen LogP contribution in [0.3, 0.4) is 0 Å². The van der Waals surface area contributed by atoms with Crippen molar-refractivity contribution in [2.45, 2.75) is 71.1 Å². The summed E-state index contributed by atoms with van der Waals surface area (Å²) in [6.45, 7) is 3.03. The van der Waals surface area contributed by atoms with Crippen LogP contribution in [0.5, 0.6) is 17.2 Å². The first-order valence-electron chi connectivity index (χ1n) is 13.2. The minimum atomic E-state index is -0.0125. The number of hydrogen-bond donors (Lipinski definition) is 2. The van der Waals surface area contributed by atoms with Crippen LogP contribution >= 0.6 is 11.3 Å². The first-order chi connectivity index (χ1) is 17.6. The monoisotopic (exact) mass is 504 g/mol. The van der Waals surface area contributed by atoms with Crippen molar-refractivity contribution >= 4 is 22.1 Å². The van der Waals surface area contributed by atoms with Crippen molar-refractivity contribution in [3.05, 3.63) is 54.6 Å². The maximum atomic E-state index is 10.1. The number of fused-ring (bicyclic) bond motifs is 1. The van der Waals surface area contributed by atoms with Gasteiger partial charge in [0.25, 0.3) is 0 Å². The maximum absolute atomic E-state index is 10.1. The fourth-order valence-electron chi connectivity index (χ4n) is 4.38. The van der Waals surface area contributed by atoms with Gasteiger partial charge in [-0.1, -0.05) is 94.2 Å². The molecule has 0 atom stereocenters. The maximum Gasteiger partial charge on any atom is 0.151 e. The Labute approximate surface area is 217 Å². The summed E-state index contributed by atoms with van der Waals surface area (Å²) in [4.78, 5) is 0. The van der Waals surface area contributed by atoms with Gasteiger partial charge in [-0.15, -0.1) is 10.2 Å². The highest BCUT2D eigenvalue weighted by molar-refractivity contribution is 7.18. The van der Waals surface area contributed by atoms with Crippen LogP contribution in [0.4, 0.5) is 0 Å². The van der Waals surface area contributed by atoms with Crippen LogP contribution in [0.1, 0.15) is 71.1 Å². The summed E-state index contributed by atoms with van der Waals surface area (Å²) in [5.41, 5.74) is 1.53. The van der Waals surface area contributed by atoms with Crippen molar-refractivity contribution in [3.8, 4) is 38.4 Å². The molecule has 0 saturated heterocycles. The number of hydrogen-bond acceptors (Lipinski definition) is 6. The lowest BCUT2D eigenvalue weighted by Crippen LogP contribution is -1.97. The number of aromatic hydroxyl groups is 2. The van der Waals surface area contributed by atoms with Crippen molar-refractivity contribution in [1.82, 2.24) is 10.2 Å². The van der Waals surface area contributed by atoms with Gasteiger partial charge in [0.1, 0.15) is 22.3 Å². The molecule has 1 aromatic heterocycles. The molecule has 36 heavy (non-hydrogen) atoms. The van der Waals surface area contributed by atoms with E-state index in [9.17, 15) is 10.2 Å². The molecule has 0 aliphatic heterocycles. The van der Waals surface area contributed by atoms with Crippen molar-refractivity contribution in [2.75, 3.05) is 6.61 Å². The molecule has 0 bridgehead atoms. The number of phenolic OH excluding ortho intramolecular Hbond substituents is 2. The highest BCUT2D eigenvalue weighted by atomic mass is 32.1. The van der Waals surface area contributed by atoms with Crippen LogP contribution in [0.2, 0.25) is 0 Å². The van der Waals surface area contributed by atoms with Gasteiger partial charge in [0.15, 0.2) is 5.01 Å². The van der Waals surface area contributed by atoms with Crippen molar-refractivity contribution in [3.63, 3.8) is 0 Å². The summed E-state index contributed by atoms with van der Waals surface area (Å²) in [5, 5.41) is 31.8. The summed E-state index contributed by atoms with van der Waals surface area (Å²) in [5.74, 6) is 0.913. The third-order valence-corrected chi connectivity index (χ3v) is 7.47. The molecule has 0 radical (unpaired) electrons. The van der Waals surface area contributed by atoms with Crippen LogP contribution < -0.4 is 4.74 Å². The van der Waals surface area contributed by atoms with Gasteiger partial charge in [-0.05, 0) is 47.5 Å². The first-order valence-corrected chi connectivity index (χ1v) is 14.0. The highest BCUT2D eigenvalue weighted by Gasteiger charge is 2.13. The second kappa shape index (κ2) is 13.3. The molecule has 0 aliphatic carbocycles. The van der Waals surface area contributed by atoms with Crippen LogP contribution in [0.25, 0.3) is 31.9 Å². The van der Waals surface area contributed by atoms with Crippen LogP contribution in [0, 0.1) is 0 Å². The largest absolute Gasteiger partial charge is 0.508 e. The van der Waals surface area contributed by atoms with Gasteiger partial charge in [-0.2, -0.15) is 0 Å². The molecular formula is C30H36N2O3S. The van der Waals surface area contributed by atoms with Gasteiger partial charge >= 0.3 is 0 Å².